The molecule has 0 aromatic carbocycles. The average molecular weight is 1180 g/mol. The number of carbonyl (C=O) groups excluding carboxylic acids is 1. The van der Waals surface area contributed by atoms with Crippen molar-refractivity contribution in [3.05, 3.63) is 36.6 Å². The molecule has 7 rings (SSSR count). The van der Waals surface area contributed by atoms with Gasteiger partial charge in [-0.05, 0) is 177 Å². The van der Waals surface area contributed by atoms with E-state index in [1.54, 1.807) is 6.26 Å². The Balaban J connectivity index is -0.000000419. The van der Waals surface area contributed by atoms with Crippen molar-refractivity contribution in [1.82, 2.24) is 0 Å². The number of carbonyl (C=O) groups is 1. The van der Waals surface area contributed by atoms with Crippen molar-refractivity contribution >= 4 is 42.1 Å². The average Bonchev–Trinajstić information content (AvgIpc) is 4.42. The maximum absolute atomic E-state index is 8.70. The van der Waals surface area contributed by atoms with Gasteiger partial charge >= 0.3 is 36.0 Å². The fourth-order valence-electron chi connectivity index (χ4n) is 9.20. The molecule has 0 bridgehead atoms. The van der Waals surface area contributed by atoms with Gasteiger partial charge in [0.1, 0.15) is 0 Å². The number of halogens is 3. The fourth-order valence-corrected chi connectivity index (χ4v) is 9.58. The predicted octanol–water partition coefficient (Wildman–Crippen LogP) is 12.8. The van der Waals surface area contributed by atoms with Crippen LogP contribution in [0.4, 0.5) is 0 Å². The molecular formula is C62H118Cl3NaO12. The van der Waals surface area contributed by atoms with Crippen LogP contribution in [0.15, 0.2) is 36.6 Å². The third kappa shape index (κ3) is 56.5. The molecular weight excluding hydrogens is 1070 g/mol. The van der Waals surface area contributed by atoms with Crippen LogP contribution >= 0.6 is 35.6 Å². The van der Waals surface area contributed by atoms with Gasteiger partial charge in [-0.3, -0.25) is 4.79 Å². The molecule has 3 aliphatic heterocycles. The first-order valence-corrected chi connectivity index (χ1v) is 31.8. The van der Waals surface area contributed by atoms with Crippen LogP contribution in [-0.4, -0.2) is 129 Å². The Labute approximate surface area is 517 Å². The second-order valence-electron chi connectivity index (χ2n) is 21.2. The molecule has 3 heterocycles. The van der Waals surface area contributed by atoms with Gasteiger partial charge in [0.15, 0.2) is 0 Å². The minimum absolute atomic E-state index is 0. The van der Waals surface area contributed by atoms with Crippen LogP contribution in [0.2, 0.25) is 0 Å². The van der Waals surface area contributed by atoms with Crippen molar-refractivity contribution in [3.8, 4) is 0 Å². The zero-order valence-corrected chi connectivity index (χ0v) is 54.3. The SMILES string of the molecule is C1=COCCC1.CCCCCCCl.CCCCCCOCC1CC=CCC1.CCCCCCOCC1CCC2OC2C1.Cl.O=COO.OCC1CC=CCC1.OCCCCCCl.OCCCCCOCC1CCC2OC2C1.[H-].[Na+]. The number of rotatable bonds is 31. The van der Waals surface area contributed by atoms with Crippen LogP contribution in [0.25, 0.3) is 0 Å². The molecule has 0 aromatic heterocycles. The molecule has 0 aromatic rings. The summed E-state index contributed by atoms with van der Waals surface area (Å²) in [7, 11) is 0. The van der Waals surface area contributed by atoms with Gasteiger partial charge in [0, 0.05) is 71.2 Å². The Kier molecular flexibility index (Phi) is 69.7. The van der Waals surface area contributed by atoms with E-state index in [-0.39, 0.29) is 49.9 Å². The number of epoxide rings is 2. The van der Waals surface area contributed by atoms with Crippen LogP contribution in [0.5, 0.6) is 0 Å². The molecule has 4 aliphatic carbocycles. The summed E-state index contributed by atoms with van der Waals surface area (Å²) in [5.41, 5.74) is 0. The van der Waals surface area contributed by atoms with Gasteiger partial charge in [-0.15, -0.1) is 35.6 Å². The van der Waals surface area contributed by atoms with Gasteiger partial charge in [0.25, 0.3) is 0 Å². The first-order chi connectivity index (χ1) is 37.4. The monoisotopic (exact) mass is 1180 g/mol. The Morgan fingerprint density at radius 3 is 1.26 bits per heavy atom. The van der Waals surface area contributed by atoms with Gasteiger partial charge < -0.3 is 50.1 Å². The number of fused-ring (bicyclic) bond motifs is 2. The third-order valence-corrected chi connectivity index (χ3v) is 14.7. The fraction of sp³-hybridized carbons (Fsp3) is 0.887. The molecule has 4 fully saturated rings. The normalized spacial score (nSPS) is 23.2. The molecule has 4 N–H and O–H groups in total. The molecule has 0 radical (unpaired) electrons. The number of alkyl halides is 2. The van der Waals surface area contributed by atoms with Gasteiger partial charge in [-0.25, -0.2) is 5.26 Å². The second-order valence-corrected chi connectivity index (χ2v) is 22.0. The molecule has 78 heavy (non-hydrogen) atoms. The van der Waals surface area contributed by atoms with Gasteiger partial charge in [0.05, 0.1) is 37.3 Å². The maximum atomic E-state index is 8.70. The summed E-state index contributed by atoms with van der Waals surface area (Å²) in [4.78, 5) is 11.6. The van der Waals surface area contributed by atoms with E-state index in [0.29, 0.717) is 50.2 Å². The smallest absolute Gasteiger partial charge is 1.00 e. The van der Waals surface area contributed by atoms with Crippen molar-refractivity contribution in [2.45, 2.75) is 251 Å². The summed E-state index contributed by atoms with van der Waals surface area (Å²) in [6.45, 7) is 14.2. The summed E-state index contributed by atoms with van der Waals surface area (Å²) in [5, 5.41) is 32.5. The Morgan fingerprint density at radius 1 is 0.526 bits per heavy atom. The van der Waals surface area contributed by atoms with E-state index in [9.17, 15) is 0 Å². The van der Waals surface area contributed by atoms with Gasteiger partial charge in [0.2, 0.25) is 0 Å². The maximum Gasteiger partial charge on any atom is 1.00 e. The quantitative estimate of drug-likeness (QED) is 0.00759. The van der Waals surface area contributed by atoms with E-state index in [2.05, 4.69) is 50.0 Å². The van der Waals surface area contributed by atoms with Crippen molar-refractivity contribution in [2.75, 3.05) is 77.8 Å². The van der Waals surface area contributed by atoms with Crippen molar-refractivity contribution < 1.29 is 89.7 Å². The van der Waals surface area contributed by atoms with Crippen LogP contribution in [0.1, 0.15) is 228 Å². The van der Waals surface area contributed by atoms with Crippen molar-refractivity contribution in [3.63, 3.8) is 0 Å². The molecule has 8 unspecified atom stereocenters. The minimum atomic E-state index is -0.0694. The number of hydrogen-bond acceptors (Lipinski definition) is 12. The van der Waals surface area contributed by atoms with E-state index < -0.39 is 0 Å². The van der Waals surface area contributed by atoms with E-state index in [4.69, 9.17) is 77.0 Å². The number of allylic oxidation sites excluding steroid dienone is 5. The standard InChI is InChI=1S/C13H24O2.C13H24O.C12H22O3.C7H12O.C6H13Cl.C5H11ClO.C5H8O.CH2O3.ClH.Na.H/c1-2-3-4-5-8-14-10-11-6-7-12-13(9-11)15-12;1-2-3-4-8-11-14-12-13-9-6-5-7-10-13;13-6-2-1-3-7-14-9-10-4-5-11-12(8-10)15-11;8-6-7-4-2-1-3-5-7;1-2-3-4-5-6-7;6-4-2-1-3-5-7;1-2-4-6-5-3-1;2-1-4-3;;;/h11-13H,2-10H2,1H3;5-6,13H,2-4,7-12H2,1H3;10-13H,1-9H2;1-2,7-8H,3-6H2;2-6H2,1H3;7H,1-5H2;2,4H,1,3,5H2;1,3H;1H;;/q;;;;;;;;;+1;-1. The molecule has 8 atom stereocenters. The molecule has 12 nitrogen and oxygen atoms in total. The molecule has 2 saturated heterocycles. The van der Waals surface area contributed by atoms with Crippen molar-refractivity contribution in [2.24, 2.45) is 23.7 Å². The summed E-state index contributed by atoms with van der Waals surface area (Å²) in [6.07, 6.45) is 54.0. The molecule has 0 amide bonds. The summed E-state index contributed by atoms with van der Waals surface area (Å²) in [6, 6.07) is 0. The van der Waals surface area contributed by atoms with Crippen LogP contribution in [0.3, 0.4) is 0 Å². The summed E-state index contributed by atoms with van der Waals surface area (Å²) in [5.74, 6) is 4.41. The number of aliphatic hydroxyl groups is 3. The second kappa shape index (κ2) is 66.1. The molecule has 2 saturated carbocycles. The summed E-state index contributed by atoms with van der Waals surface area (Å²) < 4.78 is 33.0. The minimum Gasteiger partial charge on any atom is -1.00 e. The van der Waals surface area contributed by atoms with Gasteiger partial charge in [-0.1, -0.05) is 103 Å². The largest absolute Gasteiger partial charge is 1.00 e. The zero-order chi connectivity index (χ0) is 55.6. The number of hydrogen-bond donors (Lipinski definition) is 4. The topological polar surface area (TPSA) is 169 Å². The molecule has 460 valence electrons. The van der Waals surface area contributed by atoms with Crippen molar-refractivity contribution in [1.29, 1.82) is 0 Å². The van der Waals surface area contributed by atoms with E-state index in [1.807, 2.05) is 6.08 Å². The van der Waals surface area contributed by atoms with E-state index in [0.717, 1.165) is 127 Å². The Bertz CT molecular complexity index is 1220. The predicted molar refractivity (Wildman–Crippen MR) is 323 cm³/mol. The van der Waals surface area contributed by atoms with Crippen LogP contribution < -0.4 is 29.6 Å². The third-order valence-electron chi connectivity index (χ3n) is 14.2. The van der Waals surface area contributed by atoms with Crippen LogP contribution in [0, 0.1) is 23.7 Å². The van der Waals surface area contributed by atoms with E-state index >= 15 is 0 Å². The first kappa shape index (κ1) is 82.2. The first-order valence-electron chi connectivity index (χ1n) is 30.7. The zero-order valence-electron chi connectivity index (χ0n) is 51.0. The molecule has 16 heteroatoms. The molecule has 7 aliphatic rings. The molecule has 0 spiro atoms. The van der Waals surface area contributed by atoms with Gasteiger partial charge in [-0.2, -0.15) is 0 Å². The number of aliphatic hydroxyl groups excluding tert-OH is 3. The number of unbranched alkanes of at least 4 members (excludes halogenated alkanes) is 13. The van der Waals surface area contributed by atoms with E-state index in [1.165, 1.54) is 154 Å². The number of ether oxygens (including phenoxy) is 6. The summed E-state index contributed by atoms with van der Waals surface area (Å²) >= 11 is 10.8. The Morgan fingerprint density at radius 2 is 0.949 bits per heavy atom. The van der Waals surface area contributed by atoms with Crippen LogP contribution in [-0.2, 0) is 38.1 Å². The Hall–Kier alpha value is -0.000000000000000444.